The van der Waals surface area contributed by atoms with Gasteiger partial charge in [0.2, 0.25) is 0 Å². The molecular formula is C14H20F3O3Si. The van der Waals surface area contributed by atoms with E-state index in [4.69, 9.17) is 13.3 Å². The first-order valence-electron chi connectivity index (χ1n) is 6.71. The monoisotopic (exact) mass is 321 g/mol. The lowest BCUT2D eigenvalue weighted by Crippen LogP contribution is -2.24. The lowest BCUT2D eigenvalue weighted by molar-refractivity contribution is -0.137. The predicted octanol–water partition coefficient (Wildman–Crippen LogP) is 3.71. The lowest BCUT2D eigenvalue weighted by atomic mass is 10.0. The van der Waals surface area contributed by atoms with Crippen LogP contribution >= 0.6 is 0 Å². The van der Waals surface area contributed by atoms with Crippen LogP contribution in [0.5, 0.6) is 0 Å². The van der Waals surface area contributed by atoms with Crippen LogP contribution in [0.2, 0.25) is 0 Å². The highest BCUT2D eigenvalue weighted by Crippen LogP contribution is 2.29. The highest BCUT2D eigenvalue weighted by atomic mass is 28.3. The van der Waals surface area contributed by atoms with Crippen LogP contribution in [-0.2, 0) is 25.9 Å². The van der Waals surface area contributed by atoms with Crippen molar-refractivity contribution in [3.8, 4) is 0 Å². The van der Waals surface area contributed by atoms with Crippen molar-refractivity contribution in [1.82, 2.24) is 0 Å². The molecule has 0 aliphatic heterocycles. The van der Waals surface area contributed by atoms with Gasteiger partial charge < -0.3 is 13.3 Å². The fraction of sp³-hybridized carbons (Fsp3) is 0.571. The van der Waals surface area contributed by atoms with Gasteiger partial charge in [-0.25, -0.2) is 0 Å². The minimum atomic E-state index is -4.28. The van der Waals surface area contributed by atoms with Gasteiger partial charge in [0.05, 0.1) is 5.56 Å². The van der Waals surface area contributed by atoms with Crippen LogP contribution in [0.4, 0.5) is 13.2 Å². The molecule has 0 amide bonds. The Morgan fingerprint density at radius 1 is 1.05 bits per heavy atom. The average Bonchev–Trinajstić information content (AvgIpc) is 2.46. The largest absolute Gasteiger partial charge is 0.577 e. The summed E-state index contributed by atoms with van der Waals surface area (Å²) in [5, 5.41) is 0. The maximum atomic E-state index is 12.6. The van der Waals surface area contributed by atoms with Crippen molar-refractivity contribution >= 4 is 9.53 Å². The topological polar surface area (TPSA) is 27.7 Å². The normalized spacial score (nSPS) is 12.1. The summed E-state index contributed by atoms with van der Waals surface area (Å²) in [4.78, 5) is 0. The van der Waals surface area contributed by atoms with Crippen molar-refractivity contribution in [3.63, 3.8) is 0 Å². The summed E-state index contributed by atoms with van der Waals surface area (Å²) < 4.78 is 53.0. The molecule has 119 valence electrons. The molecule has 7 heteroatoms. The molecule has 0 spiro atoms. The van der Waals surface area contributed by atoms with E-state index in [0.717, 1.165) is 25.3 Å². The predicted molar refractivity (Wildman–Crippen MR) is 74.7 cm³/mol. The van der Waals surface area contributed by atoms with Crippen LogP contribution in [0.3, 0.4) is 0 Å². The first-order valence-corrected chi connectivity index (χ1v) is 7.93. The Bertz CT molecular complexity index is 409. The van der Waals surface area contributed by atoms with Crippen molar-refractivity contribution in [2.75, 3.05) is 20.8 Å². The highest BCUT2D eigenvalue weighted by molar-refractivity contribution is 6.36. The molecule has 1 radical (unpaired) electrons. The quantitative estimate of drug-likeness (QED) is 0.512. The maximum Gasteiger partial charge on any atom is 0.577 e. The Morgan fingerprint density at radius 3 is 2.38 bits per heavy atom. The number of hydrogen-bond donors (Lipinski definition) is 0. The van der Waals surface area contributed by atoms with E-state index in [1.54, 1.807) is 6.07 Å². The van der Waals surface area contributed by atoms with Crippen molar-refractivity contribution in [2.45, 2.75) is 31.9 Å². The molecule has 0 saturated heterocycles. The number of unbranched alkanes of at least 4 members (excludes halogenated alkanes) is 2. The zero-order valence-corrected chi connectivity index (χ0v) is 13.2. The molecule has 1 aromatic carbocycles. The highest BCUT2D eigenvalue weighted by Gasteiger charge is 2.30. The van der Waals surface area contributed by atoms with Gasteiger partial charge in [0, 0.05) is 20.8 Å². The van der Waals surface area contributed by atoms with Crippen molar-refractivity contribution in [1.29, 1.82) is 0 Å². The molecular weight excluding hydrogens is 301 g/mol. The van der Waals surface area contributed by atoms with Gasteiger partial charge in [-0.2, -0.15) is 13.2 Å². The summed E-state index contributed by atoms with van der Waals surface area (Å²) in [5.74, 6) is 0. The third-order valence-corrected chi connectivity index (χ3v) is 4.02. The standard InChI is InChI=1S/C14H20F3O3Si/c1-18-21(19-2)20-10-5-3-4-7-12-8-6-9-13(11-12)14(15,16)17/h6,8-9,11H,3-5,7,10H2,1-2H3. The summed E-state index contributed by atoms with van der Waals surface area (Å²) in [7, 11) is 1.46. The van der Waals surface area contributed by atoms with E-state index in [0.29, 0.717) is 18.6 Å². The Hall–Kier alpha value is -0.893. The number of hydrogen-bond acceptors (Lipinski definition) is 3. The summed E-state index contributed by atoms with van der Waals surface area (Å²) in [6.07, 6.45) is -1.09. The summed E-state index contributed by atoms with van der Waals surface area (Å²) >= 11 is 0. The molecule has 0 N–H and O–H groups in total. The minimum Gasteiger partial charge on any atom is -0.375 e. The van der Waals surface area contributed by atoms with Gasteiger partial charge in [-0.15, -0.1) is 0 Å². The van der Waals surface area contributed by atoms with Crippen LogP contribution in [0, 0.1) is 0 Å². The summed E-state index contributed by atoms with van der Waals surface area (Å²) in [6, 6.07) is 5.49. The Balaban J connectivity index is 2.24. The van der Waals surface area contributed by atoms with Gasteiger partial charge in [0.15, 0.2) is 0 Å². The molecule has 1 rings (SSSR count). The number of halogens is 3. The summed E-state index contributed by atoms with van der Waals surface area (Å²) in [5.41, 5.74) is 0.125. The second kappa shape index (κ2) is 9.19. The minimum absolute atomic E-state index is 0.540. The van der Waals surface area contributed by atoms with Crippen LogP contribution < -0.4 is 0 Å². The zero-order chi connectivity index (χ0) is 15.7. The van der Waals surface area contributed by atoms with Gasteiger partial charge in [0.25, 0.3) is 0 Å². The average molecular weight is 321 g/mol. The SMILES string of the molecule is CO[Si](OC)OCCCCCc1cccc(C(F)(F)F)c1. The van der Waals surface area contributed by atoms with Gasteiger partial charge in [-0.3, -0.25) is 0 Å². The summed E-state index contributed by atoms with van der Waals surface area (Å²) in [6.45, 7) is 0.540. The van der Waals surface area contributed by atoms with Crippen LogP contribution in [0.1, 0.15) is 30.4 Å². The van der Waals surface area contributed by atoms with Crippen molar-refractivity contribution < 1.29 is 26.4 Å². The Morgan fingerprint density at radius 2 is 1.76 bits per heavy atom. The van der Waals surface area contributed by atoms with Crippen molar-refractivity contribution in [2.24, 2.45) is 0 Å². The molecule has 0 saturated carbocycles. The van der Waals surface area contributed by atoms with E-state index in [1.807, 2.05) is 0 Å². The smallest absolute Gasteiger partial charge is 0.375 e. The van der Waals surface area contributed by atoms with Gasteiger partial charge in [-0.05, 0) is 30.9 Å². The molecule has 0 aliphatic rings. The van der Waals surface area contributed by atoms with Crippen LogP contribution in [0.25, 0.3) is 0 Å². The first kappa shape index (κ1) is 18.2. The zero-order valence-electron chi connectivity index (χ0n) is 12.2. The number of rotatable bonds is 9. The number of alkyl halides is 3. The number of aryl methyl sites for hydroxylation is 1. The molecule has 0 atom stereocenters. The van der Waals surface area contributed by atoms with Crippen LogP contribution in [0.15, 0.2) is 24.3 Å². The molecule has 0 unspecified atom stereocenters. The van der Waals surface area contributed by atoms with Gasteiger partial charge in [0.1, 0.15) is 0 Å². The molecule has 0 heterocycles. The third kappa shape index (κ3) is 7.08. The second-order valence-corrected chi connectivity index (χ2v) is 6.12. The molecule has 0 aromatic heterocycles. The van der Waals surface area contributed by atoms with E-state index < -0.39 is 21.3 Å². The molecule has 0 aliphatic carbocycles. The van der Waals surface area contributed by atoms with E-state index in [2.05, 4.69) is 0 Å². The first-order chi connectivity index (χ1) is 9.97. The number of benzene rings is 1. The van der Waals surface area contributed by atoms with Crippen molar-refractivity contribution in [3.05, 3.63) is 35.4 Å². The lowest BCUT2D eigenvalue weighted by Gasteiger charge is -2.10. The Labute approximate surface area is 125 Å². The van der Waals surface area contributed by atoms with Gasteiger partial charge >= 0.3 is 15.7 Å². The fourth-order valence-electron chi connectivity index (χ4n) is 1.87. The molecule has 0 bridgehead atoms. The molecule has 3 nitrogen and oxygen atoms in total. The van der Waals surface area contributed by atoms with E-state index in [-0.39, 0.29) is 0 Å². The Kier molecular flexibility index (Phi) is 7.95. The van der Waals surface area contributed by atoms with E-state index >= 15 is 0 Å². The fourth-order valence-corrected chi connectivity index (χ4v) is 2.58. The van der Waals surface area contributed by atoms with Crippen LogP contribution in [-0.4, -0.2) is 30.4 Å². The van der Waals surface area contributed by atoms with Gasteiger partial charge in [-0.1, -0.05) is 24.6 Å². The van der Waals surface area contributed by atoms with E-state index in [1.165, 1.54) is 26.4 Å². The molecule has 1 aromatic rings. The maximum absolute atomic E-state index is 12.6. The molecule has 0 fully saturated rings. The third-order valence-electron chi connectivity index (χ3n) is 2.92. The molecule has 21 heavy (non-hydrogen) atoms. The second-order valence-electron chi connectivity index (χ2n) is 4.52. The van der Waals surface area contributed by atoms with E-state index in [9.17, 15) is 13.2 Å².